The summed E-state index contributed by atoms with van der Waals surface area (Å²) in [7, 11) is 0. The van der Waals surface area contributed by atoms with E-state index in [0.717, 1.165) is 34.2 Å². The molecule has 0 aromatic heterocycles. The van der Waals surface area contributed by atoms with Crippen molar-refractivity contribution in [2.24, 2.45) is 0 Å². The van der Waals surface area contributed by atoms with Gasteiger partial charge in [-0.25, -0.2) is 0 Å². The Hall–Kier alpha value is -4.18. The molecule has 0 bridgehead atoms. The van der Waals surface area contributed by atoms with E-state index in [4.69, 9.17) is 0 Å². The predicted molar refractivity (Wildman–Crippen MR) is 136 cm³/mol. The summed E-state index contributed by atoms with van der Waals surface area (Å²) >= 11 is 0. The van der Waals surface area contributed by atoms with Crippen molar-refractivity contribution in [1.82, 2.24) is 5.32 Å². The second-order valence-corrected chi connectivity index (χ2v) is 8.50. The Morgan fingerprint density at radius 1 is 0.735 bits per heavy atom. The van der Waals surface area contributed by atoms with Crippen LogP contribution < -0.4 is 10.6 Å². The van der Waals surface area contributed by atoms with Crippen molar-refractivity contribution in [2.75, 3.05) is 11.9 Å². The van der Waals surface area contributed by atoms with Gasteiger partial charge in [-0.2, -0.15) is 0 Å². The highest BCUT2D eigenvalue weighted by Crippen LogP contribution is 2.52. The standard InChI is InChI=1S/C30H26N2O2/c1-2-19-31-29(34)30(26-17-8-6-15-24(26)25-16-7-9-18-27(25)30)22-13-10-14-23(20-22)32-28(33)21-11-4-3-5-12-21/h3-18,20H,2,19H2,1H3,(H,31,34)(H,32,33). The van der Waals surface area contributed by atoms with E-state index in [9.17, 15) is 9.59 Å². The fourth-order valence-electron chi connectivity index (χ4n) is 4.92. The second kappa shape index (κ2) is 8.99. The lowest BCUT2D eigenvalue weighted by Crippen LogP contribution is -2.45. The van der Waals surface area contributed by atoms with Gasteiger partial charge in [0.25, 0.3) is 5.91 Å². The van der Waals surface area contributed by atoms with Crippen LogP contribution in [0.4, 0.5) is 5.69 Å². The third-order valence-corrected chi connectivity index (χ3v) is 6.42. The minimum absolute atomic E-state index is 0.0571. The third kappa shape index (κ3) is 3.48. The van der Waals surface area contributed by atoms with Crippen LogP contribution in [0.5, 0.6) is 0 Å². The summed E-state index contributed by atoms with van der Waals surface area (Å²) in [6, 6.07) is 33.0. The minimum atomic E-state index is -1.00. The molecule has 0 atom stereocenters. The Balaban J connectivity index is 1.66. The number of fused-ring (bicyclic) bond motifs is 3. The SMILES string of the molecule is CCCNC(=O)C1(c2cccc(NC(=O)c3ccccc3)c2)c2ccccc2-c2ccccc21. The van der Waals surface area contributed by atoms with Crippen molar-refractivity contribution in [3.05, 3.63) is 125 Å². The van der Waals surface area contributed by atoms with Gasteiger partial charge in [0.2, 0.25) is 5.91 Å². The molecule has 0 aliphatic heterocycles. The van der Waals surface area contributed by atoms with Gasteiger partial charge in [-0.1, -0.05) is 85.8 Å². The topological polar surface area (TPSA) is 58.2 Å². The van der Waals surface area contributed by atoms with Crippen LogP contribution in [0.25, 0.3) is 11.1 Å². The Labute approximate surface area is 199 Å². The van der Waals surface area contributed by atoms with E-state index >= 15 is 0 Å². The largest absolute Gasteiger partial charge is 0.355 e. The summed E-state index contributed by atoms with van der Waals surface area (Å²) in [5, 5.41) is 6.15. The van der Waals surface area contributed by atoms with E-state index in [1.165, 1.54) is 0 Å². The van der Waals surface area contributed by atoms with Crippen molar-refractivity contribution in [3.63, 3.8) is 0 Å². The number of carbonyl (C=O) groups excluding carboxylic acids is 2. The fourth-order valence-corrected chi connectivity index (χ4v) is 4.92. The second-order valence-electron chi connectivity index (χ2n) is 8.50. The van der Waals surface area contributed by atoms with Crippen molar-refractivity contribution in [2.45, 2.75) is 18.8 Å². The number of amides is 2. The lowest BCUT2D eigenvalue weighted by Gasteiger charge is -2.32. The van der Waals surface area contributed by atoms with Crippen LogP contribution in [0.15, 0.2) is 103 Å². The van der Waals surface area contributed by atoms with Crippen LogP contribution in [0.1, 0.15) is 40.4 Å². The highest BCUT2D eigenvalue weighted by Gasteiger charge is 2.50. The zero-order valence-electron chi connectivity index (χ0n) is 19.0. The van der Waals surface area contributed by atoms with Crippen molar-refractivity contribution >= 4 is 17.5 Å². The van der Waals surface area contributed by atoms with Gasteiger partial charge in [-0.15, -0.1) is 0 Å². The average molecular weight is 447 g/mol. The first-order chi connectivity index (χ1) is 16.7. The van der Waals surface area contributed by atoms with E-state index in [0.29, 0.717) is 17.8 Å². The molecule has 4 aromatic carbocycles. The van der Waals surface area contributed by atoms with Crippen LogP contribution in [-0.4, -0.2) is 18.4 Å². The molecule has 4 heteroatoms. The molecule has 4 nitrogen and oxygen atoms in total. The van der Waals surface area contributed by atoms with E-state index < -0.39 is 5.41 Å². The van der Waals surface area contributed by atoms with Gasteiger partial charge in [-0.05, 0) is 58.5 Å². The zero-order chi connectivity index (χ0) is 23.5. The molecule has 5 rings (SSSR count). The summed E-state index contributed by atoms with van der Waals surface area (Å²) < 4.78 is 0. The molecule has 4 aromatic rings. The first kappa shape index (κ1) is 21.7. The van der Waals surface area contributed by atoms with Crippen LogP contribution in [0.3, 0.4) is 0 Å². The highest BCUT2D eigenvalue weighted by molar-refractivity contribution is 6.06. The molecule has 0 saturated carbocycles. The molecule has 0 heterocycles. The lowest BCUT2D eigenvalue weighted by atomic mass is 9.71. The van der Waals surface area contributed by atoms with Crippen molar-refractivity contribution in [3.8, 4) is 11.1 Å². The normalized spacial score (nSPS) is 13.0. The minimum Gasteiger partial charge on any atom is -0.355 e. The molecule has 1 aliphatic rings. The predicted octanol–water partition coefficient (Wildman–Crippen LogP) is 5.78. The fraction of sp³-hybridized carbons (Fsp3) is 0.133. The monoisotopic (exact) mass is 446 g/mol. The van der Waals surface area contributed by atoms with Crippen molar-refractivity contribution < 1.29 is 9.59 Å². The molecule has 0 radical (unpaired) electrons. The molecule has 2 N–H and O–H groups in total. The average Bonchev–Trinajstić information content (AvgIpc) is 3.19. The van der Waals surface area contributed by atoms with Crippen LogP contribution in [0.2, 0.25) is 0 Å². The summed E-state index contributed by atoms with van der Waals surface area (Å²) in [6.45, 7) is 2.64. The molecule has 2 amide bonds. The third-order valence-electron chi connectivity index (χ3n) is 6.42. The van der Waals surface area contributed by atoms with Gasteiger partial charge in [0.15, 0.2) is 0 Å². The number of anilines is 1. The van der Waals surface area contributed by atoms with E-state index in [2.05, 4.69) is 22.8 Å². The number of nitrogens with one attached hydrogen (secondary N) is 2. The Morgan fingerprint density at radius 2 is 1.35 bits per heavy atom. The molecular formula is C30H26N2O2. The van der Waals surface area contributed by atoms with Gasteiger partial charge in [0, 0.05) is 17.8 Å². The number of carbonyl (C=O) groups is 2. The Morgan fingerprint density at radius 3 is 2.00 bits per heavy atom. The van der Waals surface area contributed by atoms with Crippen LogP contribution in [0, 0.1) is 0 Å². The molecular weight excluding hydrogens is 420 g/mol. The Kier molecular flexibility index (Phi) is 5.72. The van der Waals surface area contributed by atoms with Gasteiger partial charge in [0.05, 0.1) is 0 Å². The molecule has 34 heavy (non-hydrogen) atoms. The number of benzene rings is 4. The first-order valence-electron chi connectivity index (χ1n) is 11.6. The summed E-state index contributed by atoms with van der Waals surface area (Å²) in [5.41, 5.74) is 5.08. The zero-order valence-corrected chi connectivity index (χ0v) is 19.0. The smallest absolute Gasteiger partial charge is 0.255 e. The molecule has 0 saturated heterocycles. The quantitative estimate of drug-likeness (QED) is 0.394. The summed E-state index contributed by atoms with van der Waals surface area (Å²) in [4.78, 5) is 26.8. The van der Waals surface area contributed by atoms with Crippen LogP contribution in [-0.2, 0) is 10.2 Å². The van der Waals surface area contributed by atoms with E-state index in [-0.39, 0.29) is 11.8 Å². The maximum Gasteiger partial charge on any atom is 0.255 e. The maximum atomic E-state index is 14.0. The maximum absolute atomic E-state index is 14.0. The van der Waals surface area contributed by atoms with Crippen molar-refractivity contribution in [1.29, 1.82) is 0 Å². The Bertz CT molecular complexity index is 1320. The van der Waals surface area contributed by atoms with Gasteiger partial charge >= 0.3 is 0 Å². The molecule has 1 aliphatic carbocycles. The number of hydrogen-bond donors (Lipinski definition) is 2. The molecule has 0 fully saturated rings. The summed E-state index contributed by atoms with van der Waals surface area (Å²) in [5.74, 6) is -0.243. The van der Waals surface area contributed by atoms with Gasteiger partial charge in [0.1, 0.15) is 5.41 Å². The molecule has 0 unspecified atom stereocenters. The van der Waals surface area contributed by atoms with Crippen LogP contribution >= 0.6 is 0 Å². The highest BCUT2D eigenvalue weighted by atomic mass is 16.2. The first-order valence-corrected chi connectivity index (χ1v) is 11.6. The van der Waals surface area contributed by atoms with Gasteiger partial charge in [-0.3, -0.25) is 9.59 Å². The molecule has 0 spiro atoms. The lowest BCUT2D eigenvalue weighted by molar-refractivity contribution is -0.124. The molecule has 168 valence electrons. The number of rotatable bonds is 6. The van der Waals surface area contributed by atoms with Gasteiger partial charge < -0.3 is 10.6 Å². The van der Waals surface area contributed by atoms with E-state index in [1.54, 1.807) is 12.1 Å². The number of hydrogen-bond acceptors (Lipinski definition) is 2. The summed E-state index contributed by atoms with van der Waals surface area (Å²) in [6.07, 6.45) is 0.846. The van der Waals surface area contributed by atoms with E-state index in [1.807, 2.05) is 85.8 Å².